The largest absolute Gasteiger partial charge is 0.391 e. The molecule has 0 radical (unpaired) electrons. The van der Waals surface area contributed by atoms with Gasteiger partial charge in [0.05, 0.1) is 260 Å². The highest BCUT2D eigenvalue weighted by molar-refractivity contribution is 5.75. The molecule has 4 atom stereocenters. The molecule has 13 nitrogen and oxygen atoms in total. The highest BCUT2D eigenvalue weighted by Gasteiger charge is 2.35. The van der Waals surface area contributed by atoms with E-state index in [1.165, 1.54) is 144 Å². The molecule has 13 heteroatoms. The molecule has 4 fully saturated rings. The summed E-state index contributed by atoms with van der Waals surface area (Å²) < 4.78 is 15.0. The zero-order valence-electron chi connectivity index (χ0n) is 74.0. The van der Waals surface area contributed by atoms with Crippen molar-refractivity contribution in [3.8, 4) is 73.6 Å². The van der Waals surface area contributed by atoms with Gasteiger partial charge in [-0.15, -0.1) is 38.0 Å². The molecule has 2 N–H and O–H groups in total. The van der Waals surface area contributed by atoms with Gasteiger partial charge in [0.2, 0.25) is 0 Å². The zero-order chi connectivity index (χ0) is 80.4. The van der Waals surface area contributed by atoms with Crippen LogP contribution in [0, 0.1) is 85.4 Å². The quantitative estimate of drug-likeness (QED) is 0.0552. The van der Waals surface area contributed by atoms with E-state index in [4.69, 9.17) is 42.0 Å². The number of aliphatic hydroxyl groups excluding tert-OH is 1. The standard InChI is InChI=1S/C14H22NO.C11H22N.C9H18N.C8H18NO.C8H14N.C8H18N.C8H16N.2C7H14N.C6H12O.C3H9N/c1-15(2)10-6-9-14(15)12-16-11-13-7-4-3-5-8-13;1-5-7-8-9-11-12(3,4)10-6-2;1-5-7-9-10(3,4)8-6-2;1-9(2,5-6-10)7-8-3-4-8;1-4-8-5-6-9(2,3)7-8;1-4-8-6-5-7-9(8,2)3;1-5-6-7-8-9(2,3)4;1-6-7(2)8(3,4)5;1-5-6-7-8(2,3)4;1-3-4-5-6(2)7;1-4(2)3/h3-5,7-8,14H,6,9-12H2,1-2H3;2H,5,7-11H2,1,3-4H3;2H,5,7-9H2,1,3-4H3;8,10H,3-7H2,1-2H3;1,8H,5-7H2,2-3H3;8H,4-7H2,1-3H3;5,8H2,1-4H3;1,7H,2-5H3;1H,6-7H2,2-4H3;3-5H2,1-2H3;1-3H3/q9*+1;;/p+1. The van der Waals surface area contributed by atoms with Crippen molar-refractivity contribution in [3.05, 3.63) is 35.9 Å². The first-order valence-corrected chi connectivity index (χ1v) is 39.5. The van der Waals surface area contributed by atoms with Crippen LogP contribution in [0.3, 0.4) is 0 Å². The van der Waals surface area contributed by atoms with E-state index >= 15 is 0 Å². The van der Waals surface area contributed by atoms with Crippen LogP contribution in [0.2, 0.25) is 0 Å². The monoisotopic (exact) mass is 1440 g/mol. The van der Waals surface area contributed by atoms with Crippen LogP contribution in [0.4, 0.5) is 0 Å². The van der Waals surface area contributed by atoms with Crippen LogP contribution >= 0.6 is 0 Å². The number of aliphatic hydroxyl groups is 1. The molecular formula is C89H178N10O3+10. The van der Waals surface area contributed by atoms with Crippen molar-refractivity contribution in [1.82, 2.24) is 0 Å². The van der Waals surface area contributed by atoms with Gasteiger partial charge in [-0.25, -0.2) is 0 Å². The summed E-state index contributed by atoms with van der Waals surface area (Å²) >= 11 is 0. The third-order valence-corrected chi connectivity index (χ3v) is 18.4. The molecule has 592 valence electrons. The molecule has 0 amide bonds. The third-order valence-electron chi connectivity index (χ3n) is 18.4. The van der Waals surface area contributed by atoms with Gasteiger partial charge in [-0.05, 0) is 88.0 Å². The molecule has 4 aliphatic rings. The predicted molar refractivity (Wildman–Crippen MR) is 450 cm³/mol. The highest BCUT2D eigenvalue weighted by atomic mass is 16.5. The number of hydrogen-bond acceptors (Lipinski definition) is 3. The van der Waals surface area contributed by atoms with Gasteiger partial charge < -0.3 is 59.9 Å². The molecule has 0 spiro atoms. The minimum absolute atomic E-state index is 0.307. The maximum Gasteiger partial charge on any atom is 0.147 e. The molecular weight excluding hydrogens is 1260 g/mol. The Balaban J connectivity index is -0.000000252. The van der Waals surface area contributed by atoms with Crippen LogP contribution in [-0.2, 0) is 16.1 Å². The van der Waals surface area contributed by atoms with Gasteiger partial charge in [0.15, 0.2) is 0 Å². The van der Waals surface area contributed by atoms with E-state index < -0.39 is 0 Å². The number of hydrogen-bond donors (Lipinski definition) is 2. The van der Waals surface area contributed by atoms with Gasteiger partial charge in [0.1, 0.15) is 44.0 Å². The summed E-state index contributed by atoms with van der Waals surface area (Å²) in [6.07, 6.45) is 49.6. The Morgan fingerprint density at radius 1 is 0.588 bits per heavy atom. The predicted octanol–water partition coefficient (Wildman–Crippen LogP) is 12.1. The first-order valence-electron chi connectivity index (χ1n) is 39.5. The van der Waals surface area contributed by atoms with Crippen LogP contribution in [0.15, 0.2) is 30.3 Å². The number of benzene rings is 1. The maximum absolute atomic E-state index is 10.2. The number of rotatable bonds is 26. The number of Topliss-reactive ketones (excluding diaryl/α,β-unsaturated/α-hetero) is 1. The van der Waals surface area contributed by atoms with Crippen molar-refractivity contribution in [3.63, 3.8) is 0 Å². The molecule has 3 saturated heterocycles. The van der Waals surface area contributed by atoms with Crippen molar-refractivity contribution >= 4 is 5.78 Å². The summed E-state index contributed by atoms with van der Waals surface area (Å²) in [6, 6.07) is 12.4. The van der Waals surface area contributed by atoms with E-state index in [0.29, 0.717) is 30.4 Å². The summed E-state index contributed by atoms with van der Waals surface area (Å²) in [5, 5.41) is 8.72. The van der Waals surface area contributed by atoms with Crippen LogP contribution in [0.25, 0.3) is 0 Å². The molecule has 1 aromatic carbocycles. The number of likely N-dealkylation sites (tertiary alicyclic amines) is 3. The van der Waals surface area contributed by atoms with Crippen molar-refractivity contribution < 1.29 is 59.9 Å². The molecule has 102 heavy (non-hydrogen) atoms. The second-order valence-electron chi connectivity index (χ2n) is 36.4. The first kappa shape index (κ1) is 109. The number of terminal acetylenes is 5. The lowest BCUT2D eigenvalue weighted by atomic mass is 10.1. The second-order valence-corrected chi connectivity index (χ2v) is 36.4. The molecule has 3 heterocycles. The Morgan fingerprint density at radius 3 is 1.37 bits per heavy atom. The Bertz CT molecular complexity index is 2440. The zero-order valence-corrected chi connectivity index (χ0v) is 74.0. The first-order chi connectivity index (χ1) is 47.0. The molecule has 1 aliphatic carbocycles. The van der Waals surface area contributed by atoms with Gasteiger partial charge in [0, 0.05) is 50.9 Å². The number of nitrogens with one attached hydrogen (secondary N) is 1. The van der Waals surface area contributed by atoms with E-state index in [2.05, 4.69) is 269 Å². The molecule has 0 aromatic heterocycles. The van der Waals surface area contributed by atoms with Crippen LogP contribution in [-0.4, -0.2) is 330 Å². The number of carbonyl (C=O) groups is 1. The molecule has 1 aromatic rings. The fourth-order valence-corrected chi connectivity index (χ4v) is 10.9. The minimum atomic E-state index is 0.307. The summed E-state index contributed by atoms with van der Waals surface area (Å²) in [5.41, 5.74) is 1.27. The average molecular weight is 1440 g/mol. The Morgan fingerprint density at radius 2 is 1.08 bits per heavy atom. The number of quaternary nitrogens is 10. The van der Waals surface area contributed by atoms with E-state index in [0.717, 1.165) is 132 Å². The van der Waals surface area contributed by atoms with Gasteiger partial charge in [-0.1, -0.05) is 102 Å². The van der Waals surface area contributed by atoms with Crippen molar-refractivity contribution in [2.75, 3.05) is 261 Å². The topological polar surface area (TPSA) is 51.0 Å². The Labute approximate surface area is 639 Å². The lowest BCUT2D eigenvalue weighted by Gasteiger charge is -2.31. The summed E-state index contributed by atoms with van der Waals surface area (Å²) in [6.45, 7) is 29.9. The van der Waals surface area contributed by atoms with Gasteiger partial charge in [-0.3, -0.25) is 0 Å². The van der Waals surface area contributed by atoms with Gasteiger partial charge >= 0.3 is 0 Å². The van der Waals surface area contributed by atoms with Crippen molar-refractivity contribution in [1.29, 1.82) is 0 Å². The summed E-state index contributed by atoms with van der Waals surface area (Å²) in [7, 11) is 52.3. The number of ketones is 1. The Hall–Kier alpha value is -4.23. The number of unbranched alkanes of at least 4 members (excludes halogenated alkanes) is 5. The highest BCUT2D eigenvalue weighted by Crippen LogP contribution is 2.31. The smallest absolute Gasteiger partial charge is 0.147 e. The number of ether oxygens (including phenoxy) is 1. The van der Waals surface area contributed by atoms with Gasteiger partial charge in [0.25, 0.3) is 0 Å². The minimum Gasteiger partial charge on any atom is -0.391 e. The van der Waals surface area contributed by atoms with Gasteiger partial charge in [-0.2, -0.15) is 0 Å². The number of likely N-dealkylation sites (N-methyl/N-ethyl adjacent to an activating group) is 2. The maximum atomic E-state index is 10.2. The van der Waals surface area contributed by atoms with E-state index in [1.54, 1.807) is 6.92 Å². The normalized spacial score (nSPS) is 17.6. The van der Waals surface area contributed by atoms with E-state index in [9.17, 15) is 4.79 Å². The average Bonchev–Trinajstić information content (AvgIpc) is 1.75. The van der Waals surface area contributed by atoms with Crippen molar-refractivity contribution in [2.45, 2.75) is 195 Å². The third kappa shape index (κ3) is 76.9. The molecule has 5 rings (SSSR count). The molecule has 0 bridgehead atoms. The fourth-order valence-electron chi connectivity index (χ4n) is 10.9. The SMILES string of the molecule is C#CC(C)[N+](C)(C)C.C#CC1CC[N+](C)(C)C1.C#CCC[N+](C)(C)C.C#CC[N+](C)(C)CCCC.C#CC[N+](C)(C)CCCCCC.CCC#CC[N+](C)(C)C.CCC1CCC[N+]1(C)C.CCCCC(C)=O.C[N+](C)(CCO)CC1CC1.C[N+]1(C)CCCC1COCc1ccccc1.C[NH+](C)C. The number of nitrogens with zero attached hydrogens (tertiary/aromatic N) is 9. The fraction of sp³-hybridized carbons (Fsp3) is 0.787. The Kier molecular flexibility index (Phi) is 64.9. The van der Waals surface area contributed by atoms with E-state index in [-0.39, 0.29) is 0 Å². The van der Waals surface area contributed by atoms with Crippen LogP contribution in [0.1, 0.15) is 176 Å². The summed E-state index contributed by atoms with van der Waals surface area (Å²) in [5.74, 6) is 21.4. The van der Waals surface area contributed by atoms with E-state index in [1.807, 2.05) is 13.0 Å². The van der Waals surface area contributed by atoms with Crippen molar-refractivity contribution in [2.24, 2.45) is 11.8 Å². The van der Waals surface area contributed by atoms with Crippen LogP contribution < -0.4 is 4.90 Å². The lowest BCUT2D eigenvalue weighted by Crippen LogP contribution is -3.02. The number of carbonyl (C=O) groups excluding carboxylic acids is 1. The molecule has 4 unspecified atom stereocenters. The van der Waals surface area contributed by atoms with Crippen LogP contribution in [0.5, 0.6) is 0 Å². The second kappa shape index (κ2) is 60.9. The molecule has 3 aliphatic heterocycles. The summed E-state index contributed by atoms with van der Waals surface area (Å²) in [4.78, 5) is 11.6. The lowest BCUT2D eigenvalue weighted by molar-refractivity contribution is -0.902. The molecule has 1 saturated carbocycles.